The molecule has 0 aliphatic heterocycles. The molecule has 1 aliphatic rings. The average molecular weight is 356 g/mol. The first kappa shape index (κ1) is 12.4. The normalized spacial score (nSPS) is 17.5. The predicted octanol–water partition coefficient (Wildman–Crippen LogP) is 4.35. The summed E-state index contributed by atoms with van der Waals surface area (Å²) >= 11 is 1.24. The van der Waals surface area contributed by atoms with E-state index < -0.39 is 0 Å². The van der Waals surface area contributed by atoms with Crippen LogP contribution in [0.25, 0.3) is 0 Å². The molecular formula is C13H21Hf. The number of hydrogen-bond donors (Lipinski definition) is 0. The van der Waals surface area contributed by atoms with Gasteiger partial charge in [0.25, 0.3) is 0 Å². The van der Waals surface area contributed by atoms with Gasteiger partial charge in [-0.15, -0.1) is 0 Å². The Morgan fingerprint density at radius 1 is 1.36 bits per heavy atom. The Morgan fingerprint density at radius 2 is 2.00 bits per heavy atom. The molecule has 0 nitrogen and oxygen atoms in total. The van der Waals surface area contributed by atoms with Gasteiger partial charge in [0.15, 0.2) is 0 Å². The fourth-order valence-corrected chi connectivity index (χ4v) is 4.32. The summed E-state index contributed by atoms with van der Waals surface area (Å²) in [6.07, 6.45) is 7.77. The van der Waals surface area contributed by atoms with Crippen LogP contribution in [0.3, 0.4) is 0 Å². The van der Waals surface area contributed by atoms with Crippen molar-refractivity contribution < 1.29 is 24.4 Å². The quantitative estimate of drug-likeness (QED) is 0.660. The summed E-state index contributed by atoms with van der Waals surface area (Å²) in [5.74, 6) is 0. The monoisotopic (exact) mass is 357 g/mol. The minimum absolute atomic E-state index is 0.366. The van der Waals surface area contributed by atoms with E-state index in [4.69, 9.17) is 0 Å². The van der Waals surface area contributed by atoms with Crippen molar-refractivity contribution in [3.63, 3.8) is 0 Å². The molecule has 0 aromatic heterocycles. The Labute approximate surface area is 103 Å². The van der Waals surface area contributed by atoms with Crippen molar-refractivity contribution in [2.45, 2.75) is 53.4 Å². The summed E-state index contributed by atoms with van der Waals surface area (Å²) in [6, 6.07) is 0. The van der Waals surface area contributed by atoms with Gasteiger partial charge in [0.2, 0.25) is 0 Å². The van der Waals surface area contributed by atoms with Crippen molar-refractivity contribution in [3.05, 3.63) is 20.6 Å². The number of hydrogen-bond acceptors (Lipinski definition) is 0. The van der Waals surface area contributed by atoms with Crippen LogP contribution in [0.2, 0.25) is 0 Å². The molecule has 14 heavy (non-hydrogen) atoms. The molecule has 0 atom stereocenters. The summed E-state index contributed by atoms with van der Waals surface area (Å²) in [5, 5.41) is 0. The van der Waals surface area contributed by atoms with Gasteiger partial charge in [-0.2, -0.15) is 0 Å². The van der Waals surface area contributed by atoms with Crippen LogP contribution < -0.4 is 0 Å². The number of rotatable bonds is 3. The molecule has 0 bridgehead atoms. The van der Waals surface area contributed by atoms with Crippen LogP contribution in [0.5, 0.6) is 0 Å². The second-order valence-electron chi connectivity index (χ2n) is 5.23. The van der Waals surface area contributed by atoms with E-state index in [1.165, 1.54) is 50.1 Å². The Bertz CT molecular complexity index is 263. The zero-order valence-corrected chi connectivity index (χ0v) is 13.5. The SMILES string of the molecule is CCCCC1=CC(C(C)(C)C)=[C]([Hf])C1. The van der Waals surface area contributed by atoms with E-state index >= 15 is 0 Å². The van der Waals surface area contributed by atoms with Crippen LogP contribution >= 0.6 is 0 Å². The molecule has 1 aliphatic carbocycles. The van der Waals surface area contributed by atoms with Crippen LogP contribution in [0.4, 0.5) is 0 Å². The molecule has 0 saturated heterocycles. The molecular weight excluding hydrogens is 335 g/mol. The van der Waals surface area contributed by atoms with Gasteiger partial charge in [0.05, 0.1) is 0 Å². The number of allylic oxidation sites excluding steroid dienone is 4. The first-order valence-corrected chi connectivity index (χ1v) is 7.39. The van der Waals surface area contributed by atoms with Crippen LogP contribution in [-0.4, -0.2) is 0 Å². The van der Waals surface area contributed by atoms with Crippen molar-refractivity contribution >= 4 is 0 Å². The fourth-order valence-electron chi connectivity index (χ4n) is 1.90. The fraction of sp³-hybridized carbons (Fsp3) is 0.692. The molecule has 0 aromatic carbocycles. The van der Waals surface area contributed by atoms with E-state index in [1.54, 1.807) is 14.5 Å². The molecule has 0 unspecified atom stereocenters. The molecule has 0 amide bonds. The topological polar surface area (TPSA) is 0 Å². The summed E-state index contributed by atoms with van der Waals surface area (Å²) < 4.78 is 1.73. The van der Waals surface area contributed by atoms with E-state index in [2.05, 4.69) is 33.8 Å². The van der Waals surface area contributed by atoms with Gasteiger partial charge in [-0.05, 0) is 0 Å². The molecule has 1 heteroatoms. The van der Waals surface area contributed by atoms with Gasteiger partial charge < -0.3 is 0 Å². The standard InChI is InChI=1S/C13H21.Hf/c1-5-6-7-11-8-9-12(10-11)13(2,3)4;/h10H,5-8H2,1-4H3;. The summed E-state index contributed by atoms with van der Waals surface area (Å²) in [4.78, 5) is 0. The second-order valence-corrected chi connectivity index (χ2v) is 7.39. The molecule has 0 N–H and O–H groups in total. The zero-order valence-electron chi connectivity index (χ0n) is 9.91. The van der Waals surface area contributed by atoms with Gasteiger partial charge >= 0.3 is 104 Å². The third kappa shape index (κ3) is 3.19. The summed E-state index contributed by atoms with van der Waals surface area (Å²) in [7, 11) is 0. The van der Waals surface area contributed by atoms with Gasteiger partial charge in [-0.25, -0.2) is 0 Å². The summed E-state index contributed by atoms with van der Waals surface area (Å²) in [5.41, 5.74) is 3.68. The zero-order chi connectivity index (χ0) is 10.8. The maximum absolute atomic E-state index is 2.48. The van der Waals surface area contributed by atoms with Gasteiger partial charge in [0.1, 0.15) is 0 Å². The van der Waals surface area contributed by atoms with Crippen LogP contribution in [0, 0.1) is 5.41 Å². The first-order chi connectivity index (χ1) is 6.45. The minimum atomic E-state index is 0.366. The first-order valence-electron chi connectivity index (χ1n) is 5.60. The third-order valence-corrected chi connectivity index (χ3v) is 4.34. The third-order valence-electron chi connectivity index (χ3n) is 2.74. The van der Waals surface area contributed by atoms with E-state index in [-0.39, 0.29) is 0 Å². The number of unbranched alkanes of at least 4 members (excludes halogenated alkanes) is 1. The second kappa shape index (κ2) is 4.92. The Balaban J connectivity index is 2.67. The van der Waals surface area contributed by atoms with Crippen LogP contribution in [0.15, 0.2) is 20.6 Å². The molecule has 1 rings (SSSR count). The molecule has 0 radical (unpaired) electrons. The maximum atomic E-state index is 2.48. The molecule has 0 fully saturated rings. The van der Waals surface area contributed by atoms with E-state index in [1.807, 2.05) is 0 Å². The molecule has 0 aromatic rings. The molecule has 0 spiro atoms. The Morgan fingerprint density at radius 3 is 2.43 bits per heavy atom. The average Bonchev–Trinajstić information content (AvgIpc) is 2.42. The van der Waals surface area contributed by atoms with Crippen molar-refractivity contribution in [3.8, 4) is 0 Å². The van der Waals surface area contributed by atoms with E-state index in [0.29, 0.717) is 5.41 Å². The van der Waals surface area contributed by atoms with Crippen LogP contribution in [-0.2, 0) is 24.4 Å². The van der Waals surface area contributed by atoms with Crippen molar-refractivity contribution in [1.82, 2.24) is 0 Å². The van der Waals surface area contributed by atoms with Crippen molar-refractivity contribution in [2.75, 3.05) is 0 Å². The van der Waals surface area contributed by atoms with Crippen molar-refractivity contribution in [1.29, 1.82) is 0 Å². The van der Waals surface area contributed by atoms with Gasteiger partial charge in [0, 0.05) is 0 Å². The van der Waals surface area contributed by atoms with E-state index in [0.717, 1.165) is 0 Å². The van der Waals surface area contributed by atoms with Gasteiger partial charge in [-0.3, -0.25) is 0 Å². The Hall–Kier alpha value is 0.350. The van der Waals surface area contributed by atoms with Crippen LogP contribution in [0.1, 0.15) is 53.4 Å². The predicted molar refractivity (Wildman–Crippen MR) is 58.7 cm³/mol. The van der Waals surface area contributed by atoms with E-state index in [9.17, 15) is 0 Å². The van der Waals surface area contributed by atoms with Crippen molar-refractivity contribution in [2.24, 2.45) is 5.41 Å². The van der Waals surface area contributed by atoms with Gasteiger partial charge in [-0.1, -0.05) is 0 Å². The summed E-state index contributed by atoms with van der Waals surface area (Å²) in [6.45, 7) is 9.27. The molecule has 0 heterocycles. The molecule has 0 saturated carbocycles. The Kier molecular flexibility index (Phi) is 4.36. The molecule has 77 valence electrons.